The first-order valence-corrected chi connectivity index (χ1v) is 9.47. The van der Waals surface area contributed by atoms with E-state index in [1.54, 1.807) is 31.2 Å². The maximum absolute atomic E-state index is 12.1. The molecule has 132 valence electrons. The van der Waals surface area contributed by atoms with Crippen LogP contribution >= 0.6 is 23.4 Å². The molecule has 0 aliphatic heterocycles. The number of halogens is 1. The number of aryl methyl sites for hydroxylation is 1. The van der Waals surface area contributed by atoms with Crippen molar-refractivity contribution in [1.29, 1.82) is 0 Å². The third kappa shape index (κ3) is 6.44. The van der Waals surface area contributed by atoms with Gasteiger partial charge in [-0.3, -0.25) is 9.59 Å². The fourth-order valence-corrected chi connectivity index (χ4v) is 2.88. The summed E-state index contributed by atoms with van der Waals surface area (Å²) in [5.74, 6) is -0.0575. The number of hydrogen-bond acceptors (Lipinski definition) is 3. The molecule has 0 radical (unpaired) electrons. The van der Waals surface area contributed by atoms with Gasteiger partial charge in [0.2, 0.25) is 11.8 Å². The standard InChI is InChI=1S/C19H21ClN2O2S/c1-3-14-4-8-16(9-5-14)21-18(23)12-25-13(2)19(24)22-17-10-6-15(20)7-11-17/h4-11,13H,3,12H2,1-2H3,(H,21,23)(H,22,24)/t13-/m1/s1. The number of amides is 2. The molecule has 0 unspecified atom stereocenters. The molecule has 2 rings (SSSR count). The summed E-state index contributed by atoms with van der Waals surface area (Å²) in [5.41, 5.74) is 2.67. The molecule has 0 aromatic heterocycles. The van der Waals surface area contributed by atoms with Crippen LogP contribution in [0.1, 0.15) is 19.4 Å². The van der Waals surface area contributed by atoms with Crippen molar-refractivity contribution in [3.05, 3.63) is 59.1 Å². The molecule has 1 atom stereocenters. The number of carbonyl (C=O) groups is 2. The highest BCUT2D eigenvalue weighted by atomic mass is 35.5. The molecule has 2 aromatic carbocycles. The van der Waals surface area contributed by atoms with E-state index >= 15 is 0 Å². The van der Waals surface area contributed by atoms with Crippen LogP contribution in [0.3, 0.4) is 0 Å². The van der Waals surface area contributed by atoms with Gasteiger partial charge in [-0.1, -0.05) is 30.7 Å². The quantitative estimate of drug-likeness (QED) is 0.742. The Morgan fingerprint density at radius 2 is 1.56 bits per heavy atom. The Kier molecular flexibility index (Phi) is 7.34. The summed E-state index contributed by atoms with van der Waals surface area (Å²) < 4.78 is 0. The van der Waals surface area contributed by atoms with Crippen molar-refractivity contribution in [2.24, 2.45) is 0 Å². The normalized spacial score (nSPS) is 11.6. The number of rotatable bonds is 7. The predicted molar refractivity (Wildman–Crippen MR) is 106 cm³/mol. The molecule has 0 bridgehead atoms. The zero-order valence-electron chi connectivity index (χ0n) is 14.2. The van der Waals surface area contributed by atoms with E-state index in [-0.39, 0.29) is 22.8 Å². The van der Waals surface area contributed by atoms with Gasteiger partial charge in [-0.15, -0.1) is 11.8 Å². The minimum absolute atomic E-state index is 0.125. The van der Waals surface area contributed by atoms with Crippen LogP contribution in [0, 0.1) is 0 Å². The van der Waals surface area contributed by atoms with Gasteiger partial charge in [0.05, 0.1) is 11.0 Å². The van der Waals surface area contributed by atoms with Crippen LogP contribution in [-0.2, 0) is 16.0 Å². The molecule has 25 heavy (non-hydrogen) atoms. The lowest BCUT2D eigenvalue weighted by Gasteiger charge is -2.12. The molecule has 0 aliphatic rings. The highest BCUT2D eigenvalue weighted by Gasteiger charge is 2.15. The highest BCUT2D eigenvalue weighted by Crippen LogP contribution is 2.17. The minimum Gasteiger partial charge on any atom is -0.325 e. The topological polar surface area (TPSA) is 58.2 Å². The van der Waals surface area contributed by atoms with Gasteiger partial charge in [0, 0.05) is 16.4 Å². The molecule has 0 saturated heterocycles. The monoisotopic (exact) mass is 376 g/mol. The largest absolute Gasteiger partial charge is 0.325 e. The summed E-state index contributed by atoms with van der Waals surface area (Å²) in [6.07, 6.45) is 0.963. The molecule has 0 aliphatic carbocycles. The number of nitrogens with one attached hydrogen (secondary N) is 2. The number of thioether (sulfide) groups is 1. The van der Waals surface area contributed by atoms with E-state index in [0.717, 1.165) is 12.1 Å². The Hall–Kier alpha value is -1.98. The molecular formula is C19H21ClN2O2S. The van der Waals surface area contributed by atoms with Gasteiger partial charge in [0.1, 0.15) is 0 Å². The van der Waals surface area contributed by atoms with E-state index in [2.05, 4.69) is 17.6 Å². The van der Waals surface area contributed by atoms with Gasteiger partial charge in [0.15, 0.2) is 0 Å². The molecular weight excluding hydrogens is 356 g/mol. The summed E-state index contributed by atoms with van der Waals surface area (Å²) in [5, 5.41) is 5.91. The van der Waals surface area contributed by atoms with Crippen LogP contribution in [0.25, 0.3) is 0 Å². The number of benzene rings is 2. The van der Waals surface area contributed by atoms with Gasteiger partial charge >= 0.3 is 0 Å². The molecule has 4 nitrogen and oxygen atoms in total. The zero-order valence-corrected chi connectivity index (χ0v) is 15.8. The van der Waals surface area contributed by atoms with Crippen molar-refractivity contribution < 1.29 is 9.59 Å². The minimum atomic E-state index is -0.344. The second-order valence-electron chi connectivity index (χ2n) is 5.55. The van der Waals surface area contributed by atoms with E-state index in [9.17, 15) is 9.59 Å². The average Bonchev–Trinajstić information content (AvgIpc) is 2.62. The maximum Gasteiger partial charge on any atom is 0.237 e. The summed E-state index contributed by atoms with van der Waals surface area (Å²) in [4.78, 5) is 24.2. The average molecular weight is 377 g/mol. The Morgan fingerprint density at radius 1 is 1.00 bits per heavy atom. The molecule has 0 spiro atoms. The van der Waals surface area contributed by atoms with Crippen molar-refractivity contribution in [3.8, 4) is 0 Å². The Labute approximate surface area is 157 Å². The number of carbonyl (C=O) groups excluding carboxylic acids is 2. The van der Waals surface area contributed by atoms with E-state index < -0.39 is 0 Å². The van der Waals surface area contributed by atoms with Gasteiger partial charge < -0.3 is 10.6 Å². The third-order valence-electron chi connectivity index (χ3n) is 3.59. The fourth-order valence-electron chi connectivity index (χ4n) is 2.07. The Morgan fingerprint density at radius 3 is 2.16 bits per heavy atom. The lowest BCUT2D eigenvalue weighted by atomic mass is 10.1. The predicted octanol–water partition coefficient (Wildman–Crippen LogP) is 4.60. The SMILES string of the molecule is CCc1ccc(NC(=O)CS[C@H](C)C(=O)Nc2ccc(Cl)cc2)cc1. The first-order valence-electron chi connectivity index (χ1n) is 8.04. The molecule has 2 aromatic rings. The number of anilines is 2. The van der Waals surface area contributed by atoms with Crippen LogP contribution in [0.2, 0.25) is 5.02 Å². The van der Waals surface area contributed by atoms with Gasteiger partial charge in [-0.2, -0.15) is 0 Å². The zero-order chi connectivity index (χ0) is 18.2. The third-order valence-corrected chi connectivity index (χ3v) is 4.99. The molecule has 0 fully saturated rings. The van der Waals surface area contributed by atoms with E-state index in [1.165, 1.54) is 17.3 Å². The second-order valence-corrected chi connectivity index (χ2v) is 7.31. The summed E-state index contributed by atoms with van der Waals surface area (Å²) in [7, 11) is 0. The van der Waals surface area contributed by atoms with E-state index in [4.69, 9.17) is 11.6 Å². The van der Waals surface area contributed by atoms with Crippen molar-refractivity contribution in [2.75, 3.05) is 16.4 Å². The second kappa shape index (κ2) is 9.49. The van der Waals surface area contributed by atoms with Crippen molar-refractivity contribution in [1.82, 2.24) is 0 Å². The van der Waals surface area contributed by atoms with Crippen LogP contribution in [0.4, 0.5) is 11.4 Å². The molecule has 6 heteroatoms. The molecule has 0 saturated carbocycles. The van der Waals surface area contributed by atoms with E-state index in [0.29, 0.717) is 10.7 Å². The van der Waals surface area contributed by atoms with Gasteiger partial charge in [-0.25, -0.2) is 0 Å². The molecule has 2 N–H and O–H groups in total. The molecule has 0 heterocycles. The smallest absolute Gasteiger partial charge is 0.237 e. The number of hydrogen-bond donors (Lipinski definition) is 2. The van der Waals surface area contributed by atoms with Gasteiger partial charge in [0.25, 0.3) is 0 Å². The first-order chi connectivity index (χ1) is 12.0. The molecule has 2 amide bonds. The Balaban J connectivity index is 1.77. The van der Waals surface area contributed by atoms with Crippen molar-refractivity contribution in [2.45, 2.75) is 25.5 Å². The summed E-state index contributed by atoms with van der Waals surface area (Å²) in [6.45, 7) is 3.86. The lowest BCUT2D eigenvalue weighted by Crippen LogP contribution is -2.25. The summed E-state index contributed by atoms with van der Waals surface area (Å²) in [6, 6.07) is 14.7. The highest BCUT2D eigenvalue weighted by molar-refractivity contribution is 8.01. The van der Waals surface area contributed by atoms with Gasteiger partial charge in [-0.05, 0) is 55.3 Å². The van der Waals surface area contributed by atoms with Crippen LogP contribution in [0.5, 0.6) is 0 Å². The fraction of sp³-hybridized carbons (Fsp3) is 0.263. The van der Waals surface area contributed by atoms with Crippen molar-refractivity contribution in [3.63, 3.8) is 0 Å². The maximum atomic E-state index is 12.1. The van der Waals surface area contributed by atoms with Crippen LogP contribution < -0.4 is 10.6 Å². The lowest BCUT2D eigenvalue weighted by molar-refractivity contribution is -0.115. The van der Waals surface area contributed by atoms with Crippen LogP contribution in [0.15, 0.2) is 48.5 Å². The Bertz CT molecular complexity index is 717. The van der Waals surface area contributed by atoms with E-state index in [1.807, 2.05) is 24.3 Å². The summed E-state index contributed by atoms with van der Waals surface area (Å²) >= 11 is 7.11. The van der Waals surface area contributed by atoms with Crippen molar-refractivity contribution >= 4 is 46.6 Å². The first kappa shape index (κ1) is 19.3. The van der Waals surface area contributed by atoms with Crippen LogP contribution in [-0.4, -0.2) is 22.8 Å².